The maximum Gasteiger partial charge on any atom is 0.407 e. The first-order chi connectivity index (χ1) is 4.45. The Labute approximate surface area is 61.8 Å². The van der Waals surface area contributed by atoms with Gasteiger partial charge in [-0.1, -0.05) is 0 Å². The van der Waals surface area contributed by atoms with Crippen LogP contribution in [0.2, 0.25) is 0 Å². The van der Waals surface area contributed by atoms with Crippen molar-refractivity contribution in [1.29, 1.82) is 0 Å². The number of hydrogen-bond donors (Lipinski definition) is 1. The van der Waals surface area contributed by atoms with Crippen molar-refractivity contribution < 1.29 is 9.53 Å². The lowest BCUT2D eigenvalue weighted by Gasteiger charge is -2.19. The Hall–Kier alpha value is -0.730. The van der Waals surface area contributed by atoms with Gasteiger partial charge >= 0.3 is 6.09 Å². The molecule has 0 heterocycles. The van der Waals surface area contributed by atoms with Crippen LogP contribution in [0.5, 0.6) is 0 Å². The van der Waals surface area contributed by atoms with Gasteiger partial charge in [0.05, 0.1) is 6.61 Å². The summed E-state index contributed by atoms with van der Waals surface area (Å²) in [4.78, 5) is 10.7. The molecule has 0 aromatic carbocycles. The smallest absolute Gasteiger partial charge is 0.407 e. The predicted molar refractivity (Wildman–Crippen MR) is 39.6 cm³/mol. The standard InChI is InChI=1S/C7H14NO2/c1-5-10-6(9)8-7(2,3)4/h1,5H2,2-4H3,(H,8,9). The molecule has 0 rings (SSSR count). The molecule has 1 amide bonds. The molecule has 0 unspecified atom stereocenters. The highest BCUT2D eigenvalue weighted by Crippen LogP contribution is 1.98. The molecule has 3 nitrogen and oxygen atoms in total. The first kappa shape index (κ1) is 9.27. The number of carbonyl (C=O) groups is 1. The molecule has 0 saturated heterocycles. The molecule has 10 heavy (non-hydrogen) atoms. The van der Waals surface area contributed by atoms with Gasteiger partial charge in [0.1, 0.15) is 0 Å². The van der Waals surface area contributed by atoms with Crippen molar-refractivity contribution >= 4 is 6.09 Å². The normalized spacial score (nSPS) is 10.8. The van der Waals surface area contributed by atoms with Gasteiger partial charge in [0.2, 0.25) is 0 Å². The summed E-state index contributed by atoms with van der Waals surface area (Å²) in [6.07, 6.45) is -0.414. The van der Waals surface area contributed by atoms with Gasteiger partial charge in [0.15, 0.2) is 0 Å². The Balaban J connectivity index is 3.58. The average molecular weight is 144 g/mol. The van der Waals surface area contributed by atoms with E-state index in [9.17, 15) is 4.79 Å². The fourth-order valence-corrected chi connectivity index (χ4v) is 0.435. The minimum atomic E-state index is -0.414. The molecule has 0 aliphatic carbocycles. The molecule has 0 atom stereocenters. The number of amides is 1. The molecular formula is C7H14NO2. The summed E-state index contributed by atoms with van der Waals surface area (Å²) < 4.78 is 4.56. The second kappa shape index (κ2) is 3.44. The van der Waals surface area contributed by atoms with Crippen LogP contribution in [-0.4, -0.2) is 18.2 Å². The maximum absolute atomic E-state index is 10.7. The zero-order valence-corrected chi connectivity index (χ0v) is 6.73. The summed E-state index contributed by atoms with van der Waals surface area (Å²) >= 11 is 0. The van der Waals surface area contributed by atoms with Gasteiger partial charge in [-0.15, -0.1) is 0 Å². The lowest BCUT2D eigenvalue weighted by atomic mass is 10.1. The van der Waals surface area contributed by atoms with Crippen LogP contribution in [0, 0.1) is 6.92 Å². The van der Waals surface area contributed by atoms with Crippen LogP contribution in [0.25, 0.3) is 0 Å². The predicted octanol–water partition coefficient (Wildman–Crippen LogP) is 1.35. The highest BCUT2D eigenvalue weighted by Gasteiger charge is 2.13. The van der Waals surface area contributed by atoms with Crippen LogP contribution >= 0.6 is 0 Å². The van der Waals surface area contributed by atoms with Gasteiger partial charge in [0.25, 0.3) is 0 Å². The number of carbonyl (C=O) groups excluding carboxylic acids is 1. The van der Waals surface area contributed by atoms with Gasteiger partial charge < -0.3 is 10.1 Å². The number of alkyl carbamates (subject to hydrolysis) is 1. The highest BCUT2D eigenvalue weighted by molar-refractivity contribution is 5.68. The maximum atomic E-state index is 10.7. The van der Waals surface area contributed by atoms with Crippen molar-refractivity contribution in [2.24, 2.45) is 0 Å². The van der Waals surface area contributed by atoms with Crippen LogP contribution < -0.4 is 5.32 Å². The molecule has 0 fully saturated rings. The second-order valence-electron chi connectivity index (χ2n) is 3.01. The Kier molecular flexibility index (Phi) is 3.19. The van der Waals surface area contributed by atoms with E-state index in [-0.39, 0.29) is 12.1 Å². The molecule has 0 bridgehead atoms. The molecule has 0 spiro atoms. The zero-order chi connectivity index (χ0) is 8.20. The van der Waals surface area contributed by atoms with Crippen LogP contribution in [0.3, 0.4) is 0 Å². The summed E-state index contributed by atoms with van der Waals surface area (Å²) in [7, 11) is 0. The van der Waals surface area contributed by atoms with E-state index >= 15 is 0 Å². The number of rotatable bonds is 1. The monoisotopic (exact) mass is 144 g/mol. The second-order valence-corrected chi connectivity index (χ2v) is 3.01. The van der Waals surface area contributed by atoms with Crippen molar-refractivity contribution in [1.82, 2.24) is 5.32 Å². The fraction of sp³-hybridized carbons (Fsp3) is 0.714. The molecule has 0 aromatic rings. The van der Waals surface area contributed by atoms with E-state index in [1.165, 1.54) is 0 Å². The molecular weight excluding hydrogens is 130 g/mol. The van der Waals surface area contributed by atoms with Gasteiger partial charge in [0, 0.05) is 5.54 Å². The molecule has 0 aliphatic heterocycles. The Morgan fingerprint density at radius 1 is 1.60 bits per heavy atom. The Morgan fingerprint density at radius 2 is 2.10 bits per heavy atom. The largest absolute Gasteiger partial charge is 0.450 e. The summed E-state index contributed by atoms with van der Waals surface area (Å²) in [5.41, 5.74) is -0.230. The van der Waals surface area contributed by atoms with E-state index in [1.807, 2.05) is 20.8 Å². The molecule has 1 radical (unpaired) electrons. The summed E-state index contributed by atoms with van der Waals surface area (Å²) in [6, 6.07) is 0. The van der Waals surface area contributed by atoms with E-state index in [0.717, 1.165) is 0 Å². The third kappa shape index (κ3) is 5.41. The first-order valence-corrected chi connectivity index (χ1v) is 3.20. The van der Waals surface area contributed by atoms with Gasteiger partial charge in [-0.3, -0.25) is 0 Å². The molecule has 0 aromatic heterocycles. The molecule has 59 valence electrons. The highest BCUT2D eigenvalue weighted by atomic mass is 16.5. The van der Waals surface area contributed by atoms with E-state index < -0.39 is 6.09 Å². The topological polar surface area (TPSA) is 38.3 Å². The molecule has 0 saturated carbocycles. The lowest BCUT2D eigenvalue weighted by Crippen LogP contribution is -2.40. The fourth-order valence-electron chi connectivity index (χ4n) is 0.435. The lowest BCUT2D eigenvalue weighted by molar-refractivity contribution is 0.148. The zero-order valence-electron chi connectivity index (χ0n) is 6.73. The van der Waals surface area contributed by atoms with E-state index in [4.69, 9.17) is 0 Å². The molecule has 0 aliphatic rings. The summed E-state index contributed by atoms with van der Waals surface area (Å²) in [6.45, 7) is 9.20. The quantitative estimate of drug-likeness (QED) is 0.603. The van der Waals surface area contributed by atoms with Crippen LogP contribution in [0.15, 0.2) is 0 Å². The number of ether oxygens (including phenoxy) is 1. The third-order valence-corrected chi connectivity index (χ3v) is 0.710. The summed E-state index contributed by atoms with van der Waals surface area (Å²) in [5.74, 6) is 0. The van der Waals surface area contributed by atoms with Crippen LogP contribution in [-0.2, 0) is 4.74 Å². The van der Waals surface area contributed by atoms with E-state index in [1.54, 1.807) is 0 Å². The van der Waals surface area contributed by atoms with Crippen molar-refractivity contribution in [3.05, 3.63) is 6.92 Å². The SMILES string of the molecule is [CH2]COC(=O)NC(C)(C)C. The van der Waals surface area contributed by atoms with Crippen molar-refractivity contribution in [3.63, 3.8) is 0 Å². The molecule has 1 N–H and O–H groups in total. The Bertz CT molecular complexity index is 115. The Morgan fingerprint density at radius 3 is 2.40 bits per heavy atom. The van der Waals surface area contributed by atoms with Crippen LogP contribution in [0.4, 0.5) is 4.79 Å². The minimum absolute atomic E-state index is 0.169. The number of hydrogen-bond acceptors (Lipinski definition) is 2. The summed E-state index contributed by atoms with van der Waals surface area (Å²) in [5, 5.41) is 2.62. The van der Waals surface area contributed by atoms with Gasteiger partial charge in [-0.25, -0.2) is 4.79 Å². The van der Waals surface area contributed by atoms with Crippen molar-refractivity contribution in [3.8, 4) is 0 Å². The van der Waals surface area contributed by atoms with Crippen LogP contribution in [0.1, 0.15) is 20.8 Å². The minimum Gasteiger partial charge on any atom is -0.450 e. The number of nitrogens with one attached hydrogen (secondary N) is 1. The first-order valence-electron chi connectivity index (χ1n) is 3.20. The third-order valence-electron chi connectivity index (χ3n) is 0.710. The van der Waals surface area contributed by atoms with E-state index in [0.29, 0.717) is 0 Å². The van der Waals surface area contributed by atoms with E-state index in [2.05, 4.69) is 17.0 Å². The average Bonchev–Trinajstić information content (AvgIpc) is 1.59. The van der Waals surface area contributed by atoms with Crippen molar-refractivity contribution in [2.45, 2.75) is 26.3 Å². The van der Waals surface area contributed by atoms with Gasteiger partial charge in [-0.05, 0) is 27.7 Å². The van der Waals surface area contributed by atoms with Gasteiger partial charge in [-0.2, -0.15) is 0 Å². The van der Waals surface area contributed by atoms with Crippen molar-refractivity contribution in [2.75, 3.05) is 6.61 Å². The molecule has 3 heteroatoms.